The second kappa shape index (κ2) is 10.2. The van der Waals surface area contributed by atoms with Crippen LogP contribution in [0.25, 0.3) is 0 Å². The Labute approximate surface area is 193 Å². The molecule has 0 saturated heterocycles. The van der Waals surface area contributed by atoms with Crippen molar-refractivity contribution in [2.45, 2.75) is 26.4 Å². The fourth-order valence-corrected chi connectivity index (χ4v) is 3.58. The van der Waals surface area contributed by atoms with Gasteiger partial charge in [0.05, 0.1) is 17.8 Å². The summed E-state index contributed by atoms with van der Waals surface area (Å²) in [7, 11) is 0. The van der Waals surface area contributed by atoms with E-state index in [9.17, 15) is 9.59 Å². The number of hydrogen-bond acceptors (Lipinski definition) is 5. The monoisotopic (exact) mass is 445 g/mol. The molecule has 33 heavy (non-hydrogen) atoms. The van der Waals surface area contributed by atoms with Crippen LogP contribution in [0.1, 0.15) is 29.8 Å². The quantitative estimate of drug-likeness (QED) is 0.533. The molecular formula is C26H27N3O4. The standard InChI is InChI=1S/C26H27N3O4/c1-18(2)29(15-19-8-4-3-5-9-19)16-25(30)28-22-11-7-6-10-21(22)26(31)27-20-12-13-23-24(14-20)33-17-32-23/h3-14,18H,15-17H2,1-2H3,(H,27,31)(H,28,30). The van der Waals surface area contributed by atoms with Crippen molar-refractivity contribution in [2.75, 3.05) is 24.0 Å². The van der Waals surface area contributed by atoms with Crippen molar-refractivity contribution in [3.8, 4) is 11.5 Å². The third-order valence-corrected chi connectivity index (χ3v) is 5.38. The van der Waals surface area contributed by atoms with Crippen LogP contribution in [0.3, 0.4) is 0 Å². The Morgan fingerprint density at radius 1 is 0.909 bits per heavy atom. The number of fused-ring (bicyclic) bond motifs is 1. The van der Waals surface area contributed by atoms with E-state index in [2.05, 4.69) is 29.4 Å². The molecule has 1 aliphatic rings. The molecule has 0 aliphatic carbocycles. The molecule has 0 unspecified atom stereocenters. The smallest absolute Gasteiger partial charge is 0.257 e. The Balaban J connectivity index is 1.43. The molecule has 0 spiro atoms. The lowest BCUT2D eigenvalue weighted by Gasteiger charge is -2.26. The van der Waals surface area contributed by atoms with E-state index in [0.29, 0.717) is 35.0 Å². The number of anilines is 2. The molecule has 1 heterocycles. The maximum Gasteiger partial charge on any atom is 0.257 e. The summed E-state index contributed by atoms with van der Waals surface area (Å²) in [6.45, 7) is 5.16. The molecule has 0 saturated carbocycles. The summed E-state index contributed by atoms with van der Waals surface area (Å²) >= 11 is 0. The normalized spacial score (nSPS) is 12.1. The van der Waals surface area contributed by atoms with Crippen molar-refractivity contribution >= 4 is 23.2 Å². The molecule has 0 fully saturated rings. The van der Waals surface area contributed by atoms with Crippen molar-refractivity contribution in [3.63, 3.8) is 0 Å². The molecule has 7 heteroatoms. The predicted molar refractivity (Wildman–Crippen MR) is 128 cm³/mol. The van der Waals surface area contributed by atoms with Crippen molar-refractivity contribution in [3.05, 3.63) is 83.9 Å². The molecule has 7 nitrogen and oxygen atoms in total. The molecule has 3 aromatic rings. The second-order valence-electron chi connectivity index (χ2n) is 8.10. The average molecular weight is 446 g/mol. The van der Waals surface area contributed by atoms with Crippen molar-refractivity contribution in [1.29, 1.82) is 0 Å². The van der Waals surface area contributed by atoms with Crippen molar-refractivity contribution < 1.29 is 19.1 Å². The Hall–Kier alpha value is -3.84. The van der Waals surface area contributed by atoms with Gasteiger partial charge in [0, 0.05) is 24.3 Å². The minimum Gasteiger partial charge on any atom is -0.454 e. The molecule has 0 bridgehead atoms. The lowest BCUT2D eigenvalue weighted by Crippen LogP contribution is -2.37. The van der Waals surface area contributed by atoms with E-state index in [4.69, 9.17) is 9.47 Å². The number of carbonyl (C=O) groups is 2. The van der Waals surface area contributed by atoms with Gasteiger partial charge in [-0.3, -0.25) is 14.5 Å². The molecule has 0 aromatic heterocycles. The first-order chi connectivity index (χ1) is 16.0. The number of ether oxygens (including phenoxy) is 2. The summed E-state index contributed by atoms with van der Waals surface area (Å²) in [5, 5.41) is 5.76. The number of hydrogen-bond donors (Lipinski definition) is 2. The van der Waals surface area contributed by atoms with Gasteiger partial charge in [0.25, 0.3) is 5.91 Å². The summed E-state index contributed by atoms with van der Waals surface area (Å²) < 4.78 is 10.7. The van der Waals surface area contributed by atoms with E-state index in [-0.39, 0.29) is 31.2 Å². The van der Waals surface area contributed by atoms with Gasteiger partial charge in [-0.15, -0.1) is 0 Å². The SMILES string of the molecule is CC(C)N(CC(=O)Nc1ccccc1C(=O)Nc1ccc2c(c1)OCO2)Cc1ccccc1. The highest BCUT2D eigenvalue weighted by Gasteiger charge is 2.19. The van der Waals surface area contributed by atoms with E-state index in [1.807, 2.05) is 30.3 Å². The first-order valence-electron chi connectivity index (χ1n) is 10.9. The Bertz CT molecular complexity index is 1130. The van der Waals surface area contributed by atoms with Crippen LogP contribution >= 0.6 is 0 Å². The van der Waals surface area contributed by atoms with E-state index < -0.39 is 0 Å². The van der Waals surface area contributed by atoms with Crippen LogP contribution in [0.4, 0.5) is 11.4 Å². The number of amides is 2. The largest absolute Gasteiger partial charge is 0.454 e. The summed E-state index contributed by atoms with van der Waals surface area (Å²) in [5.41, 5.74) is 2.56. The summed E-state index contributed by atoms with van der Waals surface area (Å²) in [4.78, 5) is 27.9. The van der Waals surface area contributed by atoms with E-state index in [1.54, 1.807) is 42.5 Å². The first-order valence-corrected chi connectivity index (χ1v) is 10.9. The van der Waals surface area contributed by atoms with Crippen molar-refractivity contribution in [2.24, 2.45) is 0 Å². The van der Waals surface area contributed by atoms with Gasteiger partial charge in [0.2, 0.25) is 12.7 Å². The van der Waals surface area contributed by atoms with Gasteiger partial charge >= 0.3 is 0 Å². The van der Waals surface area contributed by atoms with Crippen LogP contribution in [0, 0.1) is 0 Å². The van der Waals surface area contributed by atoms with Gasteiger partial charge < -0.3 is 20.1 Å². The minimum absolute atomic E-state index is 0.166. The highest BCUT2D eigenvalue weighted by molar-refractivity contribution is 6.10. The maximum atomic E-state index is 12.9. The third kappa shape index (κ3) is 5.70. The van der Waals surface area contributed by atoms with Gasteiger partial charge in [0.15, 0.2) is 11.5 Å². The molecule has 4 rings (SSSR count). The van der Waals surface area contributed by atoms with Crippen LogP contribution in [-0.2, 0) is 11.3 Å². The molecule has 170 valence electrons. The summed E-state index contributed by atoms with van der Waals surface area (Å²) in [5.74, 6) is 0.727. The Kier molecular flexibility index (Phi) is 6.90. The first kappa shape index (κ1) is 22.4. The molecule has 2 amide bonds. The third-order valence-electron chi connectivity index (χ3n) is 5.38. The molecule has 0 radical (unpaired) electrons. The lowest BCUT2D eigenvalue weighted by atomic mass is 10.1. The van der Waals surface area contributed by atoms with Crippen LogP contribution in [0.5, 0.6) is 11.5 Å². The molecular weight excluding hydrogens is 418 g/mol. The van der Waals surface area contributed by atoms with Crippen LogP contribution in [0.15, 0.2) is 72.8 Å². The molecule has 3 aromatic carbocycles. The number of para-hydroxylation sites is 1. The van der Waals surface area contributed by atoms with E-state index >= 15 is 0 Å². The van der Waals surface area contributed by atoms with Gasteiger partial charge in [-0.05, 0) is 43.7 Å². The molecule has 0 atom stereocenters. The zero-order valence-corrected chi connectivity index (χ0v) is 18.7. The lowest BCUT2D eigenvalue weighted by molar-refractivity contribution is -0.117. The number of nitrogens with one attached hydrogen (secondary N) is 2. The van der Waals surface area contributed by atoms with Crippen LogP contribution in [-0.4, -0.2) is 36.1 Å². The zero-order valence-electron chi connectivity index (χ0n) is 18.7. The van der Waals surface area contributed by atoms with Crippen LogP contribution < -0.4 is 20.1 Å². The highest BCUT2D eigenvalue weighted by atomic mass is 16.7. The Morgan fingerprint density at radius 3 is 2.42 bits per heavy atom. The maximum absolute atomic E-state index is 12.9. The second-order valence-corrected chi connectivity index (χ2v) is 8.10. The van der Waals surface area contributed by atoms with E-state index in [1.165, 1.54) is 0 Å². The van der Waals surface area contributed by atoms with Gasteiger partial charge in [-0.2, -0.15) is 0 Å². The number of carbonyl (C=O) groups excluding carboxylic acids is 2. The van der Waals surface area contributed by atoms with E-state index in [0.717, 1.165) is 5.56 Å². The van der Waals surface area contributed by atoms with Gasteiger partial charge in [-0.1, -0.05) is 42.5 Å². The fourth-order valence-electron chi connectivity index (χ4n) is 3.58. The van der Waals surface area contributed by atoms with Gasteiger partial charge in [0.1, 0.15) is 0 Å². The van der Waals surface area contributed by atoms with Crippen LogP contribution in [0.2, 0.25) is 0 Å². The average Bonchev–Trinajstić information content (AvgIpc) is 3.27. The summed E-state index contributed by atoms with van der Waals surface area (Å²) in [6.07, 6.45) is 0. The number of nitrogens with zero attached hydrogens (tertiary/aromatic N) is 1. The fraction of sp³-hybridized carbons (Fsp3) is 0.231. The molecule has 1 aliphatic heterocycles. The van der Waals surface area contributed by atoms with Gasteiger partial charge in [-0.25, -0.2) is 0 Å². The molecule has 2 N–H and O–H groups in total. The van der Waals surface area contributed by atoms with Crippen molar-refractivity contribution in [1.82, 2.24) is 4.90 Å². The predicted octanol–water partition coefficient (Wildman–Crippen LogP) is 4.52. The summed E-state index contributed by atoms with van der Waals surface area (Å²) in [6, 6.07) is 22.4. The number of rotatable bonds is 8. The number of benzene rings is 3. The minimum atomic E-state index is -0.324. The zero-order chi connectivity index (χ0) is 23.2. The highest BCUT2D eigenvalue weighted by Crippen LogP contribution is 2.34. The Morgan fingerprint density at radius 2 is 1.64 bits per heavy atom. The topological polar surface area (TPSA) is 79.9 Å².